The summed E-state index contributed by atoms with van der Waals surface area (Å²) >= 11 is 0. The Morgan fingerprint density at radius 2 is 1.71 bits per heavy atom. The maximum Gasteiger partial charge on any atom is 0.379 e. The lowest BCUT2D eigenvalue weighted by Crippen LogP contribution is -2.04. The van der Waals surface area contributed by atoms with Gasteiger partial charge in [0.25, 0.3) is 0 Å². The highest BCUT2D eigenvalue weighted by Crippen LogP contribution is 2.49. The van der Waals surface area contributed by atoms with Crippen molar-refractivity contribution in [1.29, 1.82) is 0 Å². The van der Waals surface area contributed by atoms with Crippen LogP contribution in [-0.2, 0) is 9.09 Å². The van der Waals surface area contributed by atoms with E-state index in [4.69, 9.17) is 9.05 Å². The Hall–Kier alpha value is -0.990. The number of hydrogen-bond donors (Lipinski definition) is 1. The van der Waals surface area contributed by atoms with Crippen LogP contribution in [-0.4, -0.2) is 19.8 Å². The maximum atomic E-state index is 12.8. The van der Waals surface area contributed by atoms with Crippen molar-refractivity contribution < 1.29 is 13.6 Å². The molecule has 0 amide bonds. The molecule has 0 heterocycles. The number of anilines is 1. The highest BCUT2D eigenvalue weighted by Gasteiger charge is 2.25. The molecule has 1 aromatic carbocycles. The molecule has 0 aliphatic heterocycles. The smallest absolute Gasteiger partial charge is 0.379 e. The molecule has 0 bridgehead atoms. The molecule has 0 aliphatic rings. The molecule has 0 saturated carbocycles. The molecule has 120 valence electrons. The van der Waals surface area contributed by atoms with Crippen LogP contribution in [0.5, 0.6) is 5.75 Å². The first-order valence-electron chi connectivity index (χ1n) is 7.84. The summed E-state index contributed by atoms with van der Waals surface area (Å²) in [5.41, 5.74) is 0.995. The van der Waals surface area contributed by atoms with E-state index in [1.165, 1.54) is 0 Å². The Morgan fingerprint density at radius 1 is 1.05 bits per heavy atom. The zero-order valence-electron chi connectivity index (χ0n) is 13.4. The van der Waals surface area contributed by atoms with Crippen molar-refractivity contribution in [1.82, 2.24) is 0 Å². The van der Waals surface area contributed by atoms with Crippen molar-refractivity contribution in [3.8, 4) is 5.75 Å². The quantitative estimate of drug-likeness (QED) is 0.444. The van der Waals surface area contributed by atoms with Crippen LogP contribution in [0.4, 0.5) is 5.69 Å². The molecule has 1 N–H and O–H groups in total. The van der Waals surface area contributed by atoms with Crippen molar-refractivity contribution >= 4 is 13.3 Å². The molecule has 1 rings (SSSR count). The Kier molecular flexibility index (Phi) is 8.48. The van der Waals surface area contributed by atoms with E-state index in [9.17, 15) is 4.57 Å². The van der Waals surface area contributed by atoms with Crippen LogP contribution < -0.4 is 9.84 Å². The van der Waals surface area contributed by atoms with Gasteiger partial charge in [-0.25, -0.2) is 4.57 Å². The molecule has 4 nitrogen and oxygen atoms in total. The molecule has 21 heavy (non-hydrogen) atoms. The summed E-state index contributed by atoms with van der Waals surface area (Å²) in [5, 5.41) is 3.04. The van der Waals surface area contributed by atoms with Crippen molar-refractivity contribution in [3.05, 3.63) is 24.3 Å². The lowest BCUT2D eigenvalue weighted by atomic mass is 10.3. The average Bonchev–Trinajstić information content (AvgIpc) is 2.50. The lowest BCUT2D eigenvalue weighted by Gasteiger charge is -2.19. The summed E-state index contributed by atoms with van der Waals surface area (Å²) in [7, 11) is -1.18. The van der Waals surface area contributed by atoms with E-state index in [0.29, 0.717) is 18.5 Å². The van der Waals surface area contributed by atoms with Gasteiger partial charge in [0.2, 0.25) is 0 Å². The van der Waals surface area contributed by atoms with Crippen molar-refractivity contribution in [2.24, 2.45) is 0 Å². The van der Waals surface area contributed by atoms with Gasteiger partial charge in [0.15, 0.2) is 0 Å². The number of rotatable bonds is 11. The molecule has 1 aromatic rings. The Morgan fingerprint density at radius 3 is 2.29 bits per heavy atom. The second kappa shape index (κ2) is 9.86. The Balaban J connectivity index is 2.63. The normalized spacial score (nSPS) is 13.7. The molecule has 0 saturated heterocycles. The second-order valence-corrected chi connectivity index (χ2v) is 7.20. The fourth-order valence-corrected chi connectivity index (χ4v) is 3.71. The molecular formula is C16H28NO3P. The summed E-state index contributed by atoms with van der Waals surface area (Å²) in [4.78, 5) is 0. The maximum absolute atomic E-state index is 12.8. The molecule has 0 fully saturated rings. The average molecular weight is 313 g/mol. The predicted octanol–water partition coefficient (Wildman–Crippen LogP) is 5.31. The molecule has 0 spiro atoms. The molecular weight excluding hydrogens is 285 g/mol. The summed E-state index contributed by atoms with van der Waals surface area (Å²) in [6.07, 6.45) is 5.43. The summed E-state index contributed by atoms with van der Waals surface area (Å²) < 4.78 is 24.1. The Labute approximate surface area is 128 Å². The molecule has 1 atom stereocenters. The topological polar surface area (TPSA) is 47.6 Å². The first kappa shape index (κ1) is 18.1. The predicted molar refractivity (Wildman–Crippen MR) is 89.5 cm³/mol. The van der Waals surface area contributed by atoms with Crippen LogP contribution in [0.2, 0.25) is 0 Å². The molecule has 0 aliphatic carbocycles. The van der Waals surface area contributed by atoms with Crippen LogP contribution in [0.1, 0.15) is 46.0 Å². The van der Waals surface area contributed by atoms with Gasteiger partial charge in [-0.2, -0.15) is 0 Å². The third kappa shape index (κ3) is 7.01. The van der Waals surface area contributed by atoms with Gasteiger partial charge in [-0.05, 0) is 37.1 Å². The van der Waals surface area contributed by atoms with Gasteiger partial charge < -0.3 is 9.84 Å². The van der Waals surface area contributed by atoms with Gasteiger partial charge in [0.05, 0.1) is 12.8 Å². The fraction of sp³-hybridized carbons (Fsp3) is 0.625. The van der Waals surface area contributed by atoms with Crippen LogP contribution in [0, 0.1) is 0 Å². The molecule has 0 aromatic heterocycles. The monoisotopic (exact) mass is 313 g/mol. The van der Waals surface area contributed by atoms with E-state index >= 15 is 0 Å². The second-order valence-electron chi connectivity index (χ2n) is 5.09. The third-order valence-electron chi connectivity index (χ3n) is 3.21. The van der Waals surface area contributed by atoms with Gasteiger partial charge in [-0.3, -0.25) is 4.52 Å². The number of nitrogens with one attached hydrogen (secondary N) is 1. The van der Waals surface area contributed by atoms with Gasteiger partial charge in [-0.15, -0.1) is 0 Å². The number of unbranched alkanes of at least 4 members (excludes halogenated alkanes) is 3. The zero-order valence-corrected chi connectivity index (χ0v) is 14.3. The number of benzene rings is 1. The third-order valence-corrected chi connectivity index (χ3v) is 5.14. The minimum absolute atomic E-state index is 0.476. The van der Waals surface area contributed by atoms with E-state index in [1.54, 1.807) is 0 Å². The van der Waals surface area contributed by atoms with E-state index in [2.05, 4.69) is 19.2 Å². The summed E-state index contributed by atoms with van der Waals surface area (Å²) in [6.45, 7) is 4.71. The van der Waals surface area contributed by atoms with Crippen molar-refractivity contribution in [3.63, 3.8) is 0 Å². The summed E-state index contributed by atoms with van der Waals surface area (Å²) in [5.74, 6) is 0.601. The van der Waals surface area contributed by atoms with Crippen LogP contribution in [0.15, 0.2) is 24.3 Å². The fourth-order valence-electron chi connectivity index (χ4n) is 1.89. The van der Waals surface area contributed by atoms with Gasteiger partial charge >= 0.3 is 7.60 Å². The first-order valence-corrected chi connectivity index (χ1v) is 9.57. The Bertz CT molecular complexity index is 434. The zero-order chi connectivity index (χ0) is 15.6. The van der Waals surface area contributed by atoms with Crippen molar-refractivity contribution in [2.75, 3.05) is 25.1 Å². The van der Waals surface area contributed by atoms with E-state index in [0.717, 1.165) is 37.8 Å². The first-order chi connectivity index (χ1) is 10.1. The standard InChI is InChI=1S/C16H28NO3P/c1-4-6-8-13-19-21(18,14-7-5-2)20-16-11-9-15(17-3)10-12-16/h9-12,17H,4-8,13-14H2,1-3H3. The number of hydrogen-bond acceptors (Lipinski definition) is 4. The van der Waals surface area contributed by atoms with Gasteiger partial charge in [0.1, 0.15) is 5.75 Å². The van der Waals surface area contributed by atoms with Crippen LogP contribution in [0.3, 0.4) is 0 Å². The highest BCUT2D eigenvalue weighted by molar-refractivity contribution is 7.54. The van der Waals surface area contributed by atoms with Crippen LogP contribution in [0.25, 0.3) is 0 Å². The molecule has 5 heteroatoms. The highest BCUT2D eigenvalue weighted by atomic mass is 31.2. The minimum Gasteiger partial charge on any atom is -0.424 e. The SMILES string of the molecule is CCCCCOP(=O)(CCCC)Oc1ccc(NC)cc1. The lowest BCUT2D eigenvalue weighted by molar-refractivity contribution is 0.258. The minimum atomic E-state index is -3.04. The summed E-state index contributed by atoms with van der Waals surface area (Å²) in [6, 6.07) is 7.44. The van der Waals surface area contributed by atoms with Crippen LogP contribution >= 0.6 is 7.60 Å². The van der Waals surface area contributed by atoms with E-state index in [1.807, 2.05) is 31.3 Å². The largest absolute Gasteiger partial charge is 0.424 e. The van der Waals surface area contributed by atoms with E-state index in [-0.39, 0.29) is 0 Å². The molecule has 1 unspecified atom stereocenters. The van der Waals surface area contributed by atoms with Gasteiger partial charge in [-0.1, -0.05) is 33.1 Å². The van der Waals surface area contributed by atoms with Crippen molar-refractivity contribution in [2.45, 2.75) is 46.0 Å². The van der Waals surface area contributed by atoms with E-state index < -0.39 is 7.60 Å². The van der Waals surface area contributed by atoms with Gasteiger partial charge in [0, 0.05) is 12.7 Å². The molecule has 0 radical (unpaired) electrons.